The SMILES string of the molecule is CC1CCC(Nc2ncc(Br)c(OC3CNC3)n2)CC1. The van der Waals surface area contributed by atoms with Crippen molar-refractivity contribution in [2.45, 2.75) is 44.8 Å². The van der Waals surface area contributed by atoms with Gasteiger partial charge in [-0.2, -0.15) is 4.98 Å². The average molecular weight is 341 g/mol. The molecular weight excluding hydrogens is 320 g/mol. The lowest BCUT2D eigenvalue weighted by Crippen LogP contribution is -2.50. The van der Waals surface area contributed by atoms with E-state index in [9.17, 15) is 0 Å². The summed E-state index contributed by atoms with van der Waals surface area (Å²) in [5.41, 5.74) is 0. The van der Waals surface area contributed by atoms with Crippen LogP contribution in [0.25, 0.3) is 0 Å². The number of ether oxygens (including phenoxy) is 1. The number of hydrogen-bond acceptors (Lipinski definition) is 5. The fourth-order valence-electron chi connectivity index (χ4n) is 2.59. The van der Waals surface area contributed by atoms with E-state index in [-0.39, 0.29) is 6.10 Å². The van der Waals surface area contributed by atoms with Crippen molar-refractivity contribution in [2.75, 3.05) is 18.4 Å². The van der Waals surface area contributed by atoms with E-state index < -0.39 is 0 Å². The van der Waals surface area contributed by atoms with E-state index in [0.29, 0.717) is 17.9 Å². The molecule has 2 N–H and O–H groups in total. The van der Waals surface area contributed by atoms with Crippen LogP contribution in [0.15, 0.2) is 10.7 Å². The number of halogens is 1. The Bertz CT molecular complexity index is 458. The third kappa shape index (κ3) is 3.41. The first kappa shape index (κ1) is 14.1. The van der Waals surface area contributed by atoms with Gasteiger partial charge in [0.25, 0.3) is 0 Å². The van der Waals surface area contributed by atoms with Crippen LogP contribution < -0.4 is 15.4 Å². The smallest absolute Gasteiger partial charge is 0.233 e. The van der Waals surface area contributed by atoms with E-state index in [0.717, 1.165) is 23.5 Å². The molecule has 2 fully saturated rings. The summed E-state index contributed by atoms with van der Waals surface area (Å²) >= 11 is 3.45. The highest BCUT2D eigenvalue weighted by Crippen LogP contribution is 2.27. The highest BCUT2D eigenvalue weighted by atomic mass is 79.9. The fourth-order valence-corrected chi connectivity index (χ4v) is 2.88. The van der Waals surface area contributed by atoms with Gasteiger partial charge in [-0.3, -0.25) is 0 Å². The molecule has 0 unspecified atom stereocenters. The summed E-state index contributed by atoms with van der Waals surface area (Å²) in [4.78, 5) is 8.83. The average Bonchev–Trinajstić information content (AvgIpc) is 2.40. The van der Waals surface area contributed by atoms with Gasteiger partial charge in [-0.15, -0.1) is 0 Å². The predicted molar refractivity (Wildman–Crippen MR) is 82.1 cm³/mol. The molecule has 0 aromatic carbocycles. The molecule has 2 heterocycles. The van der Waals surface area contributed by atoms with Crippen LogP contribution in [0.5, 0.6) is 5.88 Å². The molecule has 1 saturated heterocycles. The maximum atomic E-state index is 5.83. The third-order valence-electron chi connectivity index (χ3n) is 4.08. The second-order valence-electron chi connectivity index (χ2n) is 5.85. The van der Waals surface area contributed by atoms with E-state index >= 15 is 0 Å². The van der Waals surface area contributed by atoms with Gasteiger partial charge < -0.3 is 15.4 Å². The normalized spacial score (nSPS) is 26.9. The van der Waals surface area contributed by atoms with Crippen molar-refractivity contribution < 1.29 is 4.74 Å². The second kappa shape index (κ2) is 6.26. The van der Waals surface area contributed by atoms with Crippen molar-refractivity contribution >= 4 is 21.9 Å². The molecule has 3 rings (SSSR count). The highest BCUT2D eigenvalue weighted by Gasteiger charge is 2.22. The maximum Gasteiger partial charge on any atom is 0.233 e. The molecule has 1 aliphatic carbocycles. The van der Waals surface area contributed by atoms with Gasteiger partial charge >= 0.3 is 0 Å². The van der Waals surface area contributed by atoms with E-state index in [4.69, 9.17) is 4.74 Å². The lowest BCUT2D eigenvalue weighted by molar-refractivity contribution is 0.135. The summed E-state index contributed by atoms with van der Waals surface area (Å²) in [6, 6.07) is 0.491. The van der Waals surface area contributed by atoms with Crippen molar-refractivity contribution in [2.24, 2.45) is 5.92 Å². The lowest BCUT2D eigenvalue weighted by Gasteiger charge is -2.28. The largest absolute Gasteiger partial charge is 0.471 e. The zero-order valence-corrected chi connectivity index (χ0v) is 13.3. The molecule has 110 valence electrons. The maximum absolute atomic E-state index is 5.83. The zero-order chi connectivity index (χ0) is 13.9. The summed E-state index contributed by atoms with van der Waals surface area (Å²) in [5, 5.41) is 6.63. The molecule has 1 saturated carbocycles. The molecule has 0 bridgehead atoms. The Hall–Kier alpha value is -0.880. The van der Waals surface area contributed by atoms with Gasteiger partial charge in [0.05, 0.1) is 10.7 Å². The monoisotopic (exact) mass is 340 g/mol. The van der Waals surface area contributed by atoms with Crippen molar-refractivity contribution in [3.8, 4) is 5.88 Å². The first-order chi connectivity index (χ1) is 9.70. The molecule has 5 nitrogen and oxygen atoms in total. The van der Waals surface area contributed by atoms with E-state index in [2.05, 4.69) is 43.5 Å². The quantitative estimate of drug-likeness (QED) is 0.882. The van der Waals surface area contributed by atoms with Gasteiger partial charge in [-0.25, -0.2) is 4.98 Å². The van der Waals surface area contributed by atoms with E-state index in [1.165, 1.54) is 25.7 Å². The van der Waals surface area contributed by atoms with Crippen molar-refractivity contribution in [3.05, 3.63) is 10.7 Å². The second-order valence-corrected chi connectivity index (χ2v) is 6.70. The Kier molecular flexibility index (Phi) is 4.41. The Labute approximate surface area is 128 Å². The Morgan fingerprint density at radius 3 is 2.70 bits per heavy atom. The number of nitrogens with zero attached hydrogens (tertiary/aromatic N) is 2. The van der Waals surface area contributed by atoms with Crippen molar-refractivity contribution in [1.82, 2.24) is 15.3 Å². The molecule has 2 aliphatic rings. The highest BCUT2D eigenvalue weighted by molar-refractivity contribution is 9.10. The first-order valence-corrected chi connectivity index (χ1v) is 8.16. The van der Waals surface area contributed by atoms with Gasteiger partial charge in [-0.05, 0) is 47.5 Å². The molecular formula is C14H21BrN4O. The van der Waals surface area contributed by atoms with Crippen LogP contribution in [0.4, 0.5) is 5.95 Å². The van der Waals surface area contributed by atoms with E-state index in [1.807, 2.05) is 0 Å². The van der Waals surface area contributed by atoms with Crippen LogP contribution in [0.3, 0.4) is 0 Å². The van der Waals surface area contributed by atoms with Crippen LogP contribution in [0.1, 0.15) is 32.6 Å². The van der Waals surface area contributed by atoms with Crippen LogP contribution in [-0.2, 0) is 0 Å². The van der Waals surface area contributed by atoms with Crippen LogP contribution >= 0.6 is 15.9 Å². The van der Waals surface area contributed by atoms with Gasteiger partial charge in [0.2, 0.25) is 11.8 Å². The van der Waals surface area contributed by atoms with Crippen molar-refractivity contribution in [3.63, 3.8) is 0 Å². The van der Waals surface area contributed by atoms with Crippen LogP contribution in [0.2, 0.25) is 0 Å². The zero-order valence-electron chi connectivity index (χ0n) is 11.7. The number of anilines is 1. The molecule has 0 amide bonds. The Morgan fingerprint density at radius 2 is 2.05 bits per heavy atom. The number of aromatic nitrogens is 2. The van der Waals surface area contributed by atoms with Crippen molar-refractivity contribution in [1.29, 1.82) is 0 Å². The molecule has 0 atom stereocenters. The molecule has 1 aliphatic heterocycles. The molecule has 1 aromatic rings. The van der Waals surface area contributed by atoms with Crippen LogP contribution in [-0.4, -0.2) is 35.2 Å². The molecule has 1 aromatic heterocycles. The predicted octanol–water partition coefficient (Wildman–Crippen LogP) is 2.58. The Morgan fingerprint density at radius 1 is 1.30 bits per heavy atom. The third-order valence-corrected chi connectivity index (χ3v) is 4.63. The van der Waals surface area contributed by atoms with Gasteiger partial charge in [0, 0.05) is 19.1 Å². The number of nitrogens with one attached hydrogen (secondary N) is 2. The Balaban J connectivity index is 1.62. The molecule has 0 radical (unpaired) electrons. The standard InChI is InChI=1S/C14H21BrN4O/c1-9-2-4-10(5-3-9)18-14-17-8-12(15)13(19-14)20-11-6-16-7-11/h8-11,16H,2-7H2,1H3,(H,17,18,19). The minimum absolute atomic E-state index is 0.226. The summed E-state index contributed by atoms with van der Waals surface area (Å²) in [6.45, 7) is 4.10. The number of hydrogen-bond donors (Lipinski definition) is 2. The van der Waals surface area contributed by atoms with Gasteiger partial charge in [0.1, 0.15) is 6.10 Å². The minimum Gasteiger partial charge on any atom is -0.471 e. The number of rotatable bonds is 4. The summed E-state index contributed by atoms with van der Waals surface area (Å²) in [5.74, 6) is 2.16. The first-order valence-electron chi connectivity index (χ1n) is 7.37. The molecule has 20 heavy (non-hydrogen) atoms. The molecule has 6 heteroatoms. The summed E-state index contributed by atoms with van der Waals surface area (Å²) < 4.78 is 6.64. The topological polar surface area (TPSA) is 59.1 Å². The minimum atomic E-state index is 0.226. The summed E-state index contributed by atoms with van der Waals surface area (Å²) in [7, 11) is 0. The van der Waals surface area contributed by atoms with Gasteiger partial charge in [0.15, 0.2) is 0 Å². The van der Waals surface area contributed by atoms with Crippen LogP contribution in [0, 0.1) is 5.92 Å². The van der Waals surface area contributed by atoms with Gasteiger partial charge in [-0.1, -0.05) is 6.92 Å². The summed E-state index contributed by atoms with van der Waals surface area (Å²) in [6.07, 6.45) is 6.95. The molecule has 0 spiro atoms. The van der Waals surface area contributed by atoms with E-state index in [1.54, 1.807) is 6.20 Å². The fraction of sp³-hybridized carbons (Fsp3) is 0.714. The lowest BCUT2D eigenvalue weighted by atomic mass is 9.87.